The molecule has 0 fully saturated rings. The molecule has 0 spiro atoms. The molecule has 0 saturated carbocycles. The monoisotopic (exact) mass is 410 g/mol. The lowest BCUT2D eigenvalue weighted by Crippen LogP contribution is -2.45. The van der Waals surface area contributed by atoms with Crippen molar-refractivity contribution in [2.24, 2.45) is 0 Å². The summed E-state index contributed by atoms with van der Waals surface area (Å²) >= 11 is 6.07. The molecule has 1 atom stereocenters. The molecule has 0 bridgehead atoms. The predicted octanol–water partition coefficient (Wildman–Crippen LogP) is 3.76. The van der Waals surface area contributed by atoms with Gasteiger partial charge in [0.25, 0.3) is 0 Å². The van der Waals surface area contributed by atoms with Crippen molar-refractivity contribution < 1.29 is 17.9 Å². The Kier molecular flexibility index (Phi) is 6.38. The molecule has 0 aromatic heterocycles. The van der Waals surface area contributed by atoms with E-state index in [0.29, 0.717) is 22.1 Å². The third-order valence-electron chi connectivity index (χ3n) is 4.25. The van der Waals surface area contributed by atoms with Crippen molar-refractivity contribution in [2.75, 3.05) is 23.0 Å². The molecule has 0 aliphatic rings. The Morgan fingerprint density at radius 3 is 2.33 bits per heavy atom. The highest BCUT2D eigenvalue weighted by atomic mass is 35.5. The van der Waals surface area contributed by atoms with Gasteiger partial charge in [-0.1, -0.05) is 17.7 Å². The SMILES string of the molecule is COc1ccc(NC(=O)[C@H](C)N(c2ccc(C)c(C)c2)S(C)(=O)=O)cc1Cl. The Hall–Kier alpha value is -2.25. The van der Waals surface area contributed by atoms with Crippen LogP contribution in [0.5, 0.6) is 5.75 Å². The Labute approximate surface area is 165 Å². The van der Waals surface area contributed by atoms with Gasteiger partial charge in [0.2, 0.25) is 15.9 Å². The maximum atomic E-state index is 12.7. The first-order chi connectivity index (χ1) is 12.5. The number of amides is 1. The number of ether oxygens (including phenoxy) is 1. The first kappa shape index (κ1) is 21.1. The van der Waals surface area contributed by atoms with E-state index in [1.54, 1.807) is 30.3 Å². The van der Waals surface area contributed by atoms with Crippen LogP contribution in [0.3, 0.4) is 0 Å². The van der Waals surface area contributed by atoms with Crippen molar-refractivity contribution in [3.05, 3.63) is 52.5 Å². The minimum atomic E-state index is -3.68. The number of sulfonamides is 1. The van der Waals surface area contributed by atoms with E-state index in [2.05, 4.69) is 5.32 Å². The summed E-state index contributed by atoms with van der Waals surface area (Å²) in [6.45, 7) is 5.37. The summed E-state index contributed by atoms with van der Waals surface area (Å²) in [6, 6.07) is 9.13. The van der Waals surface area contributed by atoms with Gasteiger partial charge in [-0.15, -0.1) is 0 Å². The summed E-state index contributed by atoms with van der Waals surface area (Å²) in [4.78, 5) is 12.7. The van der Waals surface area contributed by atoms with E-state index in [0.717, 1.165) is 21.7 Å². The molecule has 0 radical (unpaired) electrons. The molecular weight excluding hydrogens is 388 g/mol. The standard InChI is InChI=1S/C19H23ClN2O4S/c1-12-6-8-16(10-13(12)2)22(27(5,24)25)14(3)19(23)21-15-7-9-18(26-4)17(20)11-15/h6-11,14H,1-5H3,(H,21,23)/t14-/m0/s1. The predicted molar refractivity (Wildman–Crippen MR) is 109 cm³/mol. The van der Waals surface area contributed by atoms with Crippen LogP contribution in [-0.4, -0.2) is 33.7 Å². The van der Waals surface area contributed by atoms with Gasteiger partial charge < -0.3 is 10.1 Å². The highest BCUT2D eigenvalue weighted by Gasteiger charge is 2.29. The van der Waals surface area contributed by atoms with Gasteiger partial charge in [0.1, 0.15) is 11.8 Å². The van der Waals surface area contributed by atoms with Crippen molar-refractivity contribution in [3.8, 4) is 5.75 Å². The van der Waals surface area contributed by atoms with Gasteiger partial charge in [0.15, 0.2) is 0 Å². The second-order valence-electron chi connectivity index (χ2n) is 6.34. The quantitative estimate of drug-likeness (QED) is 0.786. The molecular formula is C19H23ClN2O4S. The van der Waals surface area contributed by atoms with Gasteiger partial charge in [-0.05, 0) is 62.2 Å². The molecule has 2 rings (SSSR count). The number of rotatable bonds is 6. The second kappa shape index (κ2) is 8.19. The van der Waals surface area contributed by atoms with Crippen LogP contribution in [0.4, 0.5) is 11.4 Å². The number of benzene rings is 2. The van der Waals surface area contributed by atoms with E-state index < -0.39 is 22.0 Å². The van der Waals surface area contributed by atoms with Gasteiger partial charge >= 0.3 is 0 Å². The fourth-order valence-electron chi connectivity index (χ4n) is 2.66. The fraction of sp³-hybridized carbons (Fsp3) is 0.316. The summed E-state index contributed by atoms with van der Waals surface area (Å²) in [7, 11) is -2.18. The van der Waals surface area contributed by atoms with E-state index in [4.69, 9.17) is 16.3 Å². The van der Waals surface area contributed by atoms with Crippen LogP contribution in [-0.2, 0) is 14.8 Å². The fourth-order valence-corrected chi connectivity index (χ4v) is 4.09. The number of nitrogens with zero attached hydrogens (tertiary/aromatic N) is 1. The first-order valence-electron chi connectivity index (χ1n) is 8.25. The highest BCUT2D eigenvalue weighted by Crippen LogP contribution is 2.28. The molecule has 0 unspecified atom stereocenters. The second-order valence-corrected chi connectivity index (χ2v) is 8.61. The number of nitrogens with one attached hydrogen (secondary N) is 1. The number of methoxy groups -OCH3 is 1. The maximum Gasteiger partial charge on any atom is 0.247 e. The van der Waals surface area contributed by atoms with Crippen LogP contribution < -0.4 is 14.4 Å². The zero-order valence-corrected chi connectivity index (χ0v) is 17.5. The molecule has 146 valence electrons. The van der Waals surface area contributed by atoms with Crippen LogP contribution in [0.25, 0.3) is 0 Å². The van der Waals surface area contributed by atoms with Crippen molar-refractivity contribution in [3.63, 3.8) is 0 Å². The van der Waals surface area contributed by atoms with E-state index in [9.17, 15) is 13.2 Å². The Bertz CT molecular complexity index is 960. The summed E-state index contributed by atoms with van der Waals surface area (Å²) in [6.07, 6.45) is 1.08. The van der Waals surface area contributed by atoms with E-state index in [-0.39, 0.29) is 0 Å². The smallest absolute Gasteiger partial charge is 0.247 e. The highest BCUT2D eigenvalue weighted by molar-refractivity contribution is 7.92. The van der Waals surface area contributed by atoms with Gasteiger partial charge in [-0.25, -0.2) is 8.42 Å². The molecule has 0 heterocycles. The Morgan fingerprint density at radius 2 is 1.81 bits per heavy atom. The molecule has 1 amide bonds. The van der Waals surface area contributed by atoms with Crippen LogP contribution in [0.1, 0.15) is 18.1 Å². The lowest BCUT2D eigenvalue weighted by atomic mass is 10.1. The van der Waals surface area contributed by atoms with Crippen molar-refractivity contribution in [1.82, 2.24) is 0 Å². The Balaban J connectivity index is 2.32. The summed E-state index contributed by atoms with van der Waals surface area (Å²) in [5.41, 5.74) is 2.87. The van der Waals surface area contributed by atoms with Crippen LogP contribution in [0, 0.1) is 13.8 Å². The zero-order chi connectivity index (χ0) is 20.4. The van der Waals surface area contributed by atoms with Gasteiger partial charge in [-0.3, -0.25) is 9.10 Å². The van der Waals surface area contributed by atoms with Gasteiger partial charge in [0, 0.05) is 5.69 Å². The number of carbonyl (C=O) groups is 1. The number of halogens is 1. The lowest BCUT2D eigenvalue weighted by Gasteiger charge is -2.28. The van der Waals surface area contributed by atoms with Crippen molar-refractivity contribution >= 4 is 38.9 Å². The third kappa shape index (κ3) is 4.93. The average Bonchev–Trinajstić information content (AvgIpc) is 2.57. The third-order valence-corrected chi connectivity index (χ3v) is 5.79. The van der Waals surface area contributed by atoms with E-state index in [1.807, 2.05) is 19.9 Å². The number of hydrogen-bond acceptors (Lipinski definition) is 4. The van der Waals surface area contributed by atoms with Gasteiger partial charge in [0.05, 0.1) is 24.1 Å². The number of aryl methyl sites for hydroxylation is 2. The van der Waals surface area contributed by atoms with E-state index in [1.165, 1.54) is 14.0 Å². The van der Waals surface area contributed by atoms with E-state index >= 15 is 0 Å². The number of carbonyl (C=O) groups excluding carboxylic acids is 1. The van der Waals surface area contributed by atoms with Crippen LogP contribution in [0.15, 0.2) is 36.4 Å². The molecule has 6 nitrogen and oxygen atoms in total. The first-order valence-corrected chi connectivity index (χ1v) is 10.5. The molecule has 2 aromatic rings. The molecule has 1 N–H and O–H groups in total. The minimum absolute atomic E-state index is 0.345. The summed E-state index contributed by atoms with van der Waals surface area (Å²) in [5, 5.41) is 3.04. The molecule has 0 aliphatic carbocycles. The zero-order valence-electron chi connectivity index (χ0n) is 15.9. The molecule has 0 aliphatic heterocycles. The van der Waals surface area contributed by atoms with Crippen LogP contribution >= 0.6 is 11.6 Å². The number of hydrogen-bond donors (Lipinski definition) is 1. The molecule has 0 saturated heterocycles. The van der Waals surface area contributed by atoms with Gasteiger partial charge in [-0.2, -0.15) is 0 Å². The molecule has 27 heavy (non-hydrogen) atoms. The topological polar surface area (TPSA) is 75.7 Å². The average molecular weight is 411 g/mol. The largest absolute Gasteiger partial charge is 0.495 e. The normalized spacial score (nSPS) is 12.4. The summed E-state index contributed by atoms with van der Waals surface area (Å²) < 4.78 is 30.9. The summed E-state index contributed by atoms with van der Waals surface area (Å²) in [5.74, 6) is 0.00972. The molecule has 2 aromatic carbocycles. The lowest BCUT2D eigenvalue weighted by molar-refractivity contribution is -0.116. The molecule has 8 heteroatoms. The van der Waals surface area contributed by atoms with Crippen molar-refractivity contribution in [2.45, 2.75) is 26.8 Å². The number of anilines is 2. The van der Waals surface area contributed by atoms with Crippen LogP contribution in [0.2, 0.25) is 5.02 Å². The minimum Gasteiger partial charge on any atom is -0.495 e. The Morgan fingerprint density at radius 1 is 1.15 bits per heavy atom. The van der Waals surface area contributed by atoms with Crippen molar-refractivity contribution in [1.29, 1.82) is 0 Å². The maximum absolute atomic E-state index is 12.7.